The van der Waals surface area contributed by atoms with Crippen LogP contribution in [0.25, 0.3) is 0 Å². The molecule has 0 bridgehead atoms. The van der Waals surface area contributed by atoms with Crippen molar-refractivity contribution >= 4 is 10.0 Å². The van der Waals surface area contributed by atoms with Gasteiger partial charge in [-0.3, -0.25) is 0 Å². The highest BCUT2D eigenvalue weighted by Crippen LogP contribution is 2.30. The fraction of sp³-hybridized carbons (Fsp3) is 0.400. The summed E-state index contributed by atoms with van der Waals surface area (Å²) in [6, 6.07) is 12.9. The fourth-order valence-corrected chi connectivity index (χ4v) is 4.57. The second-order valence-corrected chi connectivity index (χ2v) is 9.20. The van der Waals surface area contributed by atoms with E-state index in [1.807, 2.05) is 51.1 Å². The molecule has 1 heterocycles. The van der Waals surface area contributed by atoms with Crippen molar-refractivity contribution in [1.82, 2.24) is 10.0 Å². The topological polar surface area (TPSA) is 76.7 Å². The Morgan fingerprint density at radius 1 is 0.963 bits per heavy atom. The van der Waals surface area contributed by atoms with Gasteiger partial charge >= 0.3 is 0 Å². The molecule has 27 heavy (non-hydrogen) atoms. The molecule has 0 spiro atoms. The maximum Gasteiger partial charge on any atom is 0.241 e. The predicted molar refractivity (Wildman–Crippen MR) is 104 cm³/mol. The Morgan fingerprint density at radius 3 is 2.41 bits per heavy atom. The second kappa shape index (κ2) is 7.88. The molecule has 3 rings (SSSR count). The van der Waals surface area contributed by atoms with Gasteiger partial charge in [0.1, 0.15) is 13.2 Å². The minimum atomic E-state index is -3.58. The Labute approximate surface area is 160 Å². The van der Waals surface area contributed by atoms with Crippen molar-refractivity contribution in [3.8, 4) is 11.5 Å². The number of benzene rings is 2. The Hall–Kier alpha value is -2.09. The van der Waals surface area contributed by atoms with Crippen LogP contribution in [0.3, 0.4) is 0 Å². The highest BCUT2D eigenvalue weighted by molar-refractivity contribution is 7.89. The average Bonchev–Trinajstić information content (AvgIpc) is 2.60. The van der Waals surface area contributed by atoms with Gasteiger partial charge in [-0.25, -0.2) is 13.1 Å². The van der Waals surface area contributed by atoms with Crippen molar-refractivity contribution in [2.24, 2.45) is 0 Å². The molecule has 0 aliphatic carbocycles. The lowest BCUT2D eigenvalue weighted by atomic mass is 10.1. The van der Waals surface area contributed by atoms with Crippen LogP contribution in [0.15, 0.2) is 47.4 Å². The number of fused-ring (bicyclic) bond motifs is 1. The Kier molecular flexibility index (Phi) is 5.74. The van der Waals surface area contributed by atoms with Gasteiger partial charge in [0, 0.05) is 18.6 Å². The van der Waals surface area contributed by atoms with Crippen LogP contribution in [-0.2, 0) is 23.1 Å². The largest absolute Gasteiger partial charge is 0.486 e. The molecule has 6 nitrogen and oxygen atoms in total. The molecule has 2 N–H and O–H groups in total. The molecule has 146 valence electrons. The summed E-state index contributed by atoms with van der Waals surface area (Å²) in [6.07, 6.45) is 0. The highest BCUT2D eigenvalue weighted by Gasteiger charge is 2.24. The molecule has 2 aromatic carbocycles. The van der Waals surface area contributed by atoms with Gasteiger partial charge in [-0.15, -0.1) is 0 Å². The summed E-state index contributed by atoms with van der Waals surface area (Å²) in [5, 5.41) is 3.31. The molecule has 0 saturated heterocycles. The van der Waals surface area contributed by atoms with Gasteiger partial charge in [-0.1, -0.05) is 24.3 Å². The Balaban J connectivity index is 1.68. The highest BCUT2D eigenvalue weighted by atomic mass is 32.2. The molecule has 0 saturated carbocycles. The van der Waals surface area contributed by atoms with E-state index in [1.165, 1.54) is 0 Å². The summed E-state index contributed by atoms with van der Waals surface area (Å²) in [5.74, 6) is 1.51. The molecule has 7 heteroatoms. The summed E-state index contributed by atoms with van der Waals surface area (Å²) in [5.41, 5.74) is 1.24. The van der Waals surface area contributed by atoms with E-state index < -0.39 is 15.6 Å². The van der Waals surface area contributed by atoms with Crippen LogP contribution in [0.2, 0.25) is 0 Å². The van der Waals surface area contributed by atoms with Crippen molar-refractivity contribution in [3.63, 3.8) is 0 Å². The summed E-state index contributed by atoms with van der Waals surface area (Å²) in [7, 11) is -3.58. The second-order valence-electron chi connectivity index (χ2n) is 7.54. The molecule has 0 amide bonds. The summed E-state index contributed by atoms with van der Waals surface area (Å²) in [6.45, 7) is 7.63. The van der Waals surface area contributed by atoms with E-state index in [2.05, 4.69) is 10.0 Å². The Bertz CT molecular complexity index is 904. The van der Waals surface area contributed by atoms with E-state index in [0.29, 0.717) is 31.2 Å². The number of hydrogen-bond acceptors (Lipinski definition) is 5. The van der Waals surface area contributed by atoms with E-state index in [-0.39, 0.29) is 0 Å². The third-order valence-corrected chi connectivity index (χ3v) is 5.81. The molecule has 0 unspecified atom stereocenters. The van der Waals surface area contributed by atoms with Gasteiger partial charge in [-0.05, 0) is 50.1 Å². The summed E-state index contributed by atoms with van der Waals surface area (Å²) < 4.78 is 39.2. The molecule has 0 atom stereocenters. The van der Waals surface area contributed by atoms with E-state index in [9.17, 15) is 8.42 Å². The number of rotatable bonds is 6. The lowest BCUT2D eigenvalue weighted by Crippen LogP contribution is -2.40. The quantitative estimate of drug-likeness (QED) is 0.793. The van der Waals surface area contributed by atoms with Gasteiger partial charge in [-0.2, -0.15) is 0 Å². The van der Waals surface area contributed by atoms with Gasteiger partial charge in [0.2, 0.25) is 10.0 Å². The van der Waals surface area contributed by atoms with Crippen molar-refractivity contribution < 1.29 is 17.9 Å². The van der Waals surface area contributed by atoms with Crippen molar-refractivity contribution in [2.75, 3.05) is 13.2 Å². The first-order chi connectivity index (χ1) is 12.7. The minimum Gasteiger partial charge on any atom is -0.486 e. The molecule has 0 fully saturated rings. The van der Waals surface area contributed by atoms with Crippen molar-refractivity contribution in [2.45, 2.75) is 44.3 Å². The lowest BCUT2D eigenvalue weighted by Gasteiger charge is -2.21. The van der Waals surface area contributed by atoms with E-state index in [0.717, 1.165) is 22.6 Å². The molecule has 0 aromatic heterocycles. The summed E-state index contributed by atoms with van der Waals surface area (Å²) >= 11 is 0. The standard InChI is InChI=1S/C20H26N2O4S/c1-20(2,3)22-27(23,24)19-7-5-4-6-16(19)14-21-13-15-8-9-17-18(12-15)26-11-10-25-17/h4-9,12,21-22H,10-11,13-14H2,1-3H3. The van der Waals surface area contributed by atoms with Gasteiger partial charge in [0.25, 0.3) is 0 Å². The van der Waals surface area contributed by atoms with Crippen molar-refractivity contribution in [1.29, 1.82) is 0 Å². The third-order valence-electron chi connectivity index (χ3n) is 3.95. The number of ether oxygens (including phenoxy) is 2. The zero-order valence-corrected chi connectivity index (χ0v) is 16.7. The normalized spacial score (nSPS) is 14.2. The predicted octanol–water partition coefficient (Wildman–Crippen LogP) is 2.82. The number of nitrogens with one attached hydrogen (secondary N) is 2. The Morgan fingerprint density at radius 2 is 1.67 bits per heavy atom. The summed E-state index contributed by atoms with van der Waals surface area (Å²) in [4.78, 5) is 0.301. The minimum absolute atomic E-state index is 0.301. The molecule has 0 radical (unpaired) electrons. The van der Waals surface area contributed by atoms with Crippen LogP contribution in [0.1, 0.15) is 31.9 Å². The first-order valence-electron chi connectivity index (χ1n) is 8.96. The molecule has 1 aliphatic rings. The van der Waals surface area contributed by atoms with Crippen LogP contribution in [0.4, 0.5) is 0 Å². The van der Waals surface area contributed by atoms with Crippen LogP contribution >= 0.6 is 0 Å². The van der Waals surface area contributed by atoms with Crippen LogP contribution < -0.4 is 19.5 Å². The van der Waals surface area contributed by atoms with Crippen molar-refractivity contribution in [3.05, 3.63) is 53.6 Å². The number of hydrogen-bond donors (Lipinski definition) is 2. The first kappa shape index (κ1) is 19.7. The monoisotopic (exact) mass is 390 g/mol. The van der Waals surface area contributed by atoms with E-state index >= 15 is 0 Å². The zero-order chi connectivity index (χ0) is 19.5. The maximum atomic E-state index is 12.7. The molecule has 2 aromatic rings. The number of sulfonamides is 1. The van der Waals surface area contributed by atoms with Gasteiger partial charge in [0.15, 0.2) is 11.5 Å². The van der Waals surface area contributed by atoms with Crippen LogP contribution in [0, 0.1) is 0 Å². The fourth-order valence-electron chi connectivity index (χ4n) is 2.91. The smallest absolute Gasteiger partial charge is 0.241 e. The van der Waals surface area contributed by atoms with E-state index in [4.69, 9.17) is 9.47 Å². The molecular weight excluding hydrogens is 364 g/mol. The van der Waals surface area contributed by atoms with Crippen LogP contribution in [-0.4, -0.2) is 27.2 Å². The average molecular weight is 391 g/mol. The first-order valence-corrected chi connectivity index (χ1v) is 10.4. The molecular formula is C20H26N2O4S. The lowest BCUT2D eigenvalue weighted by molar-refractivity contribution is 0.171. The SMILES string of the molecule is CC(C)(C)NS(=O)(=O)c1ccccc1CNCc1ccc2c(c1)OCCO2. The zero-order valence-electron chi connectivity index (χ0n) is 15.9. The third kappa shape index (κ3) is 5.22. The van der Waals surface area contributed by atoms with Crippen LogP contribution in [0.5, 0.6) is 11.5 Å². The molecule has 1 aliphatic heterocycles. The van der Waals surface area contributed by atoms with Gasteiger partial charge in [0.05, 0.1) is 4.90 Å². The van der Waals surface area contributed by atoms with Gasteiger partial charge < -0.3 is 14.8 Å². The maximum absolute atomic E-state index is 12.7. The van der Waals surface area contributed by atoms with E-state index in [1.54, 1.807) is 12.1 Å².